The van der Waals surface area contributed by atoms with Crippen LogP contribution in [0, 0.1) is 6.92 Å². The molecule has 0 aliphatic rings. The monoisotopic (exact) mass is 278 g/mol. The predicted molar refractivity (Wildman–Crippen MR) is 65.6 cm³/mol. The number of furan rings is 1. The second kappa shape index (κ2) is 4.66. The SMILES string of the molecule is Cc1ccc(C(=O)Cc2ccc(Br)cc2)o1. The number of benzene rings is 1. The highest BCUT2D eigenvalue weighted by molar-refractivity contribution is 9.10. The highest BCUT2D eigenvalue weighted by Crippen LogP contribution is 2.14. The largest absolute Gasteiger partial charge is 0.458 e. The molecule has 0 radical (unpaired) electrons. The standard InChI is InChI=1S/C13H11BrO2/c1-9-2-7-13(16-9)12(15)8-10-3-5-11(14)6-4-10/h2-7H,8H2,1H3. The number of ketones is 1. The molecule has 0 aliphatic carbocycles. The molecule has 1 aromatic carbocycles. The highest BCUT2D eigenvalue weighted by Gasteiger charge is 2.10. The average Bonchev–Trinajstić information content (AvgIpc) is 2.68. The lowest BCUT2D eigenvalue weighted by atomic mass is 10.1. The Labute approximate surface area is 102 Å². The molecule has 16 heavy (non-hydrogen) atoms. The minimum absolute atomic E-state index is 0.00965. The molecule has 1 aromatic heterocycles. The maximum absolute atomic E-state index is 11.8. The molecule has 0 fully saturated rings. The van der Waals surface area contributed by atoms with Crippen molar-refractivity contribution in [1.29, 1.82) is 0 Å². The smallest absolute Gasteiger partial charge is 0.202 e. The Morgan fingerprint density at radius 1 is 1.19 bits per heavy atom. The van der Waals surface area contributed by atoms with E-state index >= 15 is 0 Å². The molecule has 82 valence electrons. The Bertz CT molecular complexity index is 497. The van der Waals surface area contributed by atoms with E-state index in [4.69, 9.17) is 4.42 Å². The Morgan fingerprint density at radius 3 is 2.44 bits per heavy atom. The maximum atomic E-state index is 11.8. The van der Waals surface area contributed by atoms with Crippen LogP contribution in [0.1, 0.15) is 21.9 Å². The van der Waals surface area contributed by atoms with E-state index in [1.165, 1.54) is 0 Å². The quantitative estimate of drug-likeness (QED) is 0.800. The summed E-state index contributed by atoms with van der Waals surface area (Å²) in [6.07, 6.45) is 0.375. The lowest BCUT2D eigenvalue weighted by Crippen LogP contribution is -2.01. The van der Waals surface area contributed by atoms with E-state index in [9.17, 15) is 4.79 Å². The van der Waals surface area contributed by atoms with Crippen LogP contribution in [0.2, 0.25) is 0 Å². The van der Waals surface area contributed by atoms with Gasteiger partial charge in [-0.1, -0.05) is 28.1 Å². The first-order valence-corrected chi connectivity index (χ1v) is 5.78. The number of rotatable bonds is 3. The van der Waals surface area contributed by atoms with Crippen LogP contribution >= 0.6 is 15.9 Å². The summed E-state index contributed by atoms with van der Waals surface area (Å²) in [5, 5.41) is 0. The molecule has 2 aromatic rings. The van der Waals surface area contributed by atoms with Crippen LogP contribution in [0.25, 0.3) is 0 Å². The van der Waals surface area contributed by atoms with E-state index in [0.717, 1.165) is 15.8 Å². The summed E-state index contributed by atoms with van der Waals surface area (Å²) < 4.78 is 6.29. The molecule has 0 amide bonds. The maximum Gasteiger partial charge on any atom is 0.202 e. The van der Waals surface area contributed by atoms with Gasteiger partial charge in [-0.2, -0.15) is 0 Å². The first-order chi connectivity index (χ1) is 7.65. The van der Waals surface area contributed by atoms with Gasteiger partial charge in [-0.3, -0.25) is 4.79 Å². The Kier molecular flexibility index (Phi) is 3.25. The Hall–Kier alpha value is -1.35. The van der Waals surface area contributed by atoms with E-state index in [1.54, 1.807) is 12.1 Å². The number of hydrogen-bond donors (Lipinski definition) is 0. The fourth-order valence-corrected chi connectivity index (χ4v) is 1.72. The van der Waals surface area contributed by atoms with Gasteiger partial charge in [0.2, 0.25) is 5.78 Å². The van der Waals surface area contributed by atoms with Gasteiger partial charge in [0.05, 0.1) is 0 Å². The summed E-state index contributed by atoms with van der Waals surface area (Å²) in [6, 6.07) is 11.2. The first-order valence-electron chi connectivity index (χ1n) is 4.99. The number of hydrogen-bond acceptors (Lipinski definition) is 2. The molecule has 0 atom stereocenters. The summed E-state index contributed by atoms with van der Waals surface area (Å²) in [5.41, 5.74) is 0.988. The summed E-state index contributed by atoms with van der Waals surface area (Å²) in [7, 11) is 0. The topological polar surface area (TPSA) is 30.2 Å². The lowest BCUT2D eigenvalue weighted by molar-refractivity contribution is 0.0965. The molecule has 0 bridgehead atoms. The molecular weight excluding hydrogens is 268 g/mol. The van der Waals surface area contributed by atoms with Gasteiger partial charge in [-0.15, -0.1) is 0 Å². The number of carbonyl (C=O) groups is 1. The van der Waals surface area contributed by atoms with Crippen LogP contribution in [-0.2, 0) is 6.42 Å². The molecule has 1 heterocycles. The molecule has 2 rings (SSSR count). The third-order valence-corrected chi connectivity index (χ3v) is 2.82. The molecule has 0 aliphatic heterocycles. The zero-order chi connectivity index (χ0) is 11.5. The fourth-order valence-electron chi connectivity index (χ4n) is 1.46. The summed E-state index contributed by atoms with van der Waals surface area (Å²) in [6.45, 7) is 1.83. The van der Waals surface area contributed by atoms with Crippen LogP contribution in [0.4, 0.5) is 0 Å². The normalized spacial score (nSPS) is 10.4. The van der Waals surface area contributed by atoms with Gasteiger partial charge >= 0.3 is 0 Å². The summed E-state index contributed by atoms with van der Waals surface area (Å²) in [5.74, 6) is 1.20. The van der Waals surface area contributed by atoms with Crippen molar-refractivity contribution in [1.82, 2.24) is 0 Å². The van der Waals surface area contributed by atoms with E-state index < -0.39 is 0 Å². The summed E-state index contributed by atoms with van der Waals surface area (Å²) >= 11 is 3.36. The van der Waals surface area contributed by atoms with Crippen LogP contribution < -0.4 is 0 Å². The minimum atomic E-state index is 0.00965. The molecule has 0 spiro atoms. The van der Waals surface area contributed by atoms with E-state index in [1.807, 2.05) is 31.2 Å². The van der Waals surface area contributed by atoms with Gasteiger partial charge in [-0.05, 0) is 36.8 Å². The van der Waals surface area contributed by atoms with Crippen LogP contribution in [0.5, 0.6) is 0 Å². The highest BCUT2D eigenvalue weighted by atomic mass is 79.9. The lowest BCUT2D eigenvalue weighted by Gasteiger charge is -1.99. The van der Waals surface area contributed by atoms with Gasteiger partial charge in [0.15, 0.2) is 5.76 Å². The molecule has 0 unspecified atom stereocenters. The van der Waals surface area contributed by atoms with Crippen molar-refractivity contribution in [2.75, 3.05) is 0 Å². The van der Waals surface area contributed by atoms with Crippen LogP contribution in [0.15, 0.2) is 45.3 Å². The van der Waals surface area contributed by atoms with Gasteiger partial charge in [0.25, 0.3) is 0 Å². The fraction of sp³-hybridized carbons (Fsp3) is 0.154. The molecule has 0 saturated carbocycles. The second-order valence-electron chi connectivity index (χ2n) is 3.64. The van der Waals surface area contributed by atoms with E-state index in [2.05, 4.69) is 15.9 Å². The third kappa shape index (κ3) is 2.61. The Morgan fingerprint density at radius 2 is 1.88 bits per heavy atom. The van der Waals surface area contributed by atoms with Crippen molar-refractivity contribution in [3.05, 3.63) is 58.0 Å². The van der Waals surface area contributed by atoms with Gasteiger partial charge in [0.1, 0.15) is 5.76 Å². The number of aryl methyl sites for hydroxylation is 1. The van der Waals surface area contributed by atoms with Crippen molar-refractivity contribution < 1.29 is 9.21 Å². The molecule has 3 heteroatoms. The number of Topliss-reactive ketones (excluding diaryl/α,β-unsaturated/α-hetero) is 1. The van der Waals surface area contributed by atoms with Gasteiger partial charge < -0.3 is 4.42 Å². The predicted octanol–water partition coefficient (Wildman–Crippen LogP) is 3.78. The van der Waals surface area contributed by atoms with Gasteiger partial charge in [0, 0.05) is 10.9 Å². The summed E-state index contributed by atoms with van der Waals surface area (Å²) in [4.78, 5) is 11.8. The Balaban J connectivity index is 2.10. The van der Waals surface area contributed by atoms with Crippen molar-refractivity contribution in [2.45, 2.75) is 13.3 Å². The van der Waals surface area contributed by atoms with Crippen molar-refractivity contribution >= 4 is 21.7 Å². The minimum Gasteiger partial charge on any atom is -0.458 e. The van der Waals surface area contributed by atoms with Crippen molar-refractivity contribution in [3.8, 4) is 0 Å². The van der Waals surface area contributed by atoms with Gasteiger partial charge in [-0.25, -0.2) is 0 Å². The molecule has 0 N–H and O–H groups in total. The van der Waals surface area contributed by atoms with E-state index in [-0.39, 0.29) is 5.78 Å². The third-order valence-electron chi connectivity index (χ3n) is 2.29. The molecule has 0 saturated heterocycles. The molecule has 2 nitrogen and oxygen atoms in total. The van der Waals surface area contributed by atoms with Crippen molar-refractivity contribution in [3.63, 3.8) is 0 Å². The number of halogens is 1. The zero-order valence-electron chi connectivity index (χ0n) is 8.87. The first kappa shape index (κ1) is 11.1. The molecular formula is C13H11BrO2. The number of carbonyl (C=O) groups excluding carboxylic acids is 1. The van der Waals surface area contributed by atoms with Crippen LogP contribution in [0.3, 0.4) is 0 Å². The van der Waals surface area contributed by atoms with Crippen molar-refractivity contribution in [2.24, 2.45) is 0 Å². The average molecular weight is 279 g/mol. The van der Waals surface area contributed by atoms with E-state index in [0.29, 0.717) is 12.2 Å². The zero-order valence-corrected chi connectivity index (χ0v) is 10.5. The second-order valence-corrected chi connectivity index (χ2v) is 4.55. The van der Waals surface area contributed by atoms with Crippen LogP contribution in [-0.4, -0.2) is 5.78 Å².